The van der Waals surface area contributed by atoms with Gasteiger partial charge in [0.2, 0.25) is 5.78 Å². The molecule has 0 bridgehead atoms. The summed E-state index contributed by atoms with van der Waals surface area (Å²) in [5.74, 6) is -0.431. The van der Waals surface area contributed by atoms with Crippen LogP contribution >= 0.6 is 0 Å². The van der Waals surface area contributed by atoms with Crippen molar-refractivity contribution in [1.82, 2.24) is 5.43 Å². The minimum absolute atomic E-state index is 0.105. The van der Waals surface area contributed by atoms with Gasteiger partial charge < -0.3 is 4.90 Å². The van der Waals surface area contributed by atoms with Crippen LogP contribution in [0.4, 0.5) is 5.69 Å². The quantitative estimate of drug-likeness (QED) is 0.825. The molecule has 1 amide bonds. The molecular weight excluding hydrogens is 350 g/mol. The average Bonchev–Trinajstić information content (AvgIpc) is 2.59. The number of aryl methyl sites for hydroxylation is 2. The molecule has 3 rings (SSSR count). The van der Waals surface area contributed by atoms with Crippen LogP contribution in [0.1, 0.15) is 51.3 Å². The van der Waals surface area contributed by atoms with Crippen molar-refractivity contribution in [1.29, 1.82) is 0 Å². The molecule has 0 aliphatic heterocycles. The first-order chi connectivity index (χ1) is 13.1. The molecule has 28 heavy (non-hydrogen) atoms. The van der Waals surface area contributed by atoms with Crippen LogP contribution in [0.3, 0.4) is 0 Å². The van der Waals surface area contributed by atoms with Crippen molar-refractivity contribution in [2.45, 2.75) is 34.1 Å². The van der Waals surface area contributed by atoms with E-state index in [2.05, 4.69) is 16.6 Å². The number of hydrogen-bond acceptors (Lipinski definition) is 4. The summed E-state index contributed by atoms with van der Waals surface area (Å²) < 4.78 is 0. The zero-order valence-corrected chi connectivity index (χ0v) is 17.4. The molecule has 1 aliphatic rings. The van der Waals surface area contributed by atoms with Crippen molar-refractivity contribution >= 4 is 23.1 Å². The summed E-state index contributed by atoms with van der Waals surface area (Å²) in [4.78, 5) is 27.6. The third-order valence-electron chi connectivity index (χ3n) is 5.19. The summed E-state index contributed by atoms with van der Waals surface area (Å²) in [5.41, 5.74) is 7.90. The predicted molar refractivity (Wildman–Crippen MR) is 113 cm³/mol. The molecule has 0 heterocycles. The maximum atomic E-state index is 13.1. The fourth-order valence-corrected chi connectivity index (χ4v) is 3.79. The van der Waals surface area contributed by atoms with Crippen molar-refractivity contribution in [2.75, 3.05) is 19.0 Å². The molecule has 0 fully saturated rings. The molecule has 5 heteroatoms. The van der Waals surface area contributed by atoms with E-state index in [0.717, 1.165) is 22.4 Å². The summed E-state index contributed by atoms with van der Waals surface area (Å²) in [6.07, 6.45) is 0.711. The number of benzene rings is 2. The maximum absolute atomic E-state index is 13.1. The predicted octanol–water partition coefficient (Wildman–Crippen LogP) is 3.92. The van der Waals surface area contributed by atoms with Gasteiger partial charge in [0.25, 0.3) is 5.91 Å². The van der Waals surface area contributed by atoms with Crippen molar-refractivity contribution in [3.8, 4) is 0 Å². The number of carbonyl (C=O) groups is 2. The van der Waals surface area contributed by atoms with E-state index in [4.69, 9.17) is 0 Å². The van der Waals surface area contributed by atoms with Crippen molar-refractivity contribution in [3.05, 3.63) is 64.2 Å². The zero-order chi connectivity index (χ0) is 20.6. The van der Waals surface area contributed by atoms with Crippen LogP contribution in [-0.4, -0.2) is 31.5 Å². The highest BCUT2D eigenvalue weighted by Gasteiger charge is 2.39. The monoisotopic (exact) mass is 377 g/mol. The van der Waals surface area contributed by atoms with E-state index >= 15 is 0 Å². The van der Waals surface area contributed by atoms with Crippen LogP contribution in [0.5, 0.6) is 0 Å². The zero-order valence-electron chi connectivity index (χ0n) is 17.4. The lowest BCUT2D eigenvalue weighted by Gasteiger charge is -2.32. The number of fused-ring (bicyclic) bond motifs is 1. The van der Waals surface area contributed by atoms with Gasteiger partial charge in [0.05, 0.1) is 0 Å². The fraction of sp³-hybridized carbons (Fsp3) is 0.348. The molecular formula is C23H27N3O2. The highest BCUT2D eigenvalue weighted by molar-refractivity contribution is 6.49. The molecule has 0 radical (unpaired) electrons. The van der Waals surface area contributed by atoms with E-state index in [-0.39, 0.29) is 11.7 Å². The molecule has 0 saturated carbocycles. The molecule has 1 N–H and O–H groups in total. The molecule has 146 valence electrons. The highest BCUT2D eigenvalue weighted by atomic mass is 16.2. The Morgan fingerprint density at radius 2 is 1.75 bits per heavy atom. The van der Waals surface area contributed by atoms with E-state index < -0.39 is 5.41 Å². The van der Waals surface area contributed by atoms with E-state index in [1.165, 1.54) is 0 Å². The van der Waals surface area contributed by atoms with Crippen LogP contribution < -0.4 is 10.3 Å². The standard InChI is InChI=1S/C23H27N3O2/c1-14-11-15(2)19-17(12-14)13-23(3,4)21(20(19)27)24-25-22(28)16-7-9-18(10-8-16)26(5)6/h7-12H,13H2,1-6H3,(H,25,28). The fourth-order valence-electron chi connectivity index (χ4n) is 3.79. The van der Waals surface area contributed by atoms with E-state index in [1.807, 2.05) is 64.9 Å². The number of anilines is 1. The van der Waals surface area contributed by atoms with Crippen LogP contribution in [-0.2, 0) is 6.42 Å². The summed E-state index contributed by atoms with van der Waals surface area (Å²) in [5, 5.41) is 4.27. The summed E-state index contributed by atoms with van der Waals surface area (Å²) in [6, 6.07) is 11.3. The third-order valence-corrected chi connectivity index (χ3v) is 5.19. The lowest BCUT2D eigenvalue weighted by Crippen LogP contribution is -2.41. The summed E-state index contributed by atoms with van der Waals surface area (Å²) >= 11 is 0. The molecule has 0 atom stereocenters. The minimum Gasteiger partial charge on any atom is -0.378 e. The van der Waals surface area contributed by atoms with Gasteiger partial charge in [-0.3, -0.25) is 9.59 Å². The van der Waals surface area contributed by atoms with Gasteiger partial charge in [0.15, 0.2) is 0 Å². The van der Waals surface area contributed by atoms with E-state index in [0.29, 0.717) is 23.3 Å². The molecule has 0 spiro atoms. The van der Waals surface area contributed by atoms with Gasteiger partial charge in [0.1, 0.15) is 5.71 Å². The van der Waals surface area contributed by atoms with Gasteiger partial charge in [-0.15, -0.1) is 0 Å². The van der Waals surface area contributed by atoms with Gasteiger partial charge in [-0.2, -0.15) is 5.10 Å². The Morgan fingerprint density at radius 1 is 1.11 bits per heavy atom. The van der Waals surface area contributed by atoms with Gasteiger partial charge in [0, 0.05) is 36.3 Å². The van der Waals surface area contributed by atoms with E-state index in [1.54, 1.807) is 12.1 Å². The molecule has 0 aromatic heterocycles. The second-order valence-corrected chi connectivity index (χ2v) is 8.35. The number of carbonyl (C=O) groups excluding carboxylic acids is 2. The Labute approximate surface area is 166 Å². The number of nitrogens with zero attached hydrogens (tertiary/aromatic N) is 2. The smallest absolute Gasteiger partial charge is 0.271 e. The first-order valence-corrected chi connectivity index (χ1v) is 9.41. The van der Waals surface area contributed by atoms with Gasteiger partial charge >= 0.3 is 0 Å². The minimum atomic E-state index is -0.452. The van der Waals surface area contributed by atoms with Crippen LogP contribution in [0, 0.1) is 19.3 Å². The second kappa shape index (κ2) is 7.23. The van der Waals surface area contributed by atoms with Gasteiger partial charge in [-0.1, -0.05) is 31.5 Å². The van der Waals surface area contributed by atoms with Crippen LogP contribution in [0.15, 0.2) is 41.5 Å². The largest absolute Gasteiger partial charge is 0.378 e. The van der Waals surface area contributed by atoms with Gasteiger partial charge in [-0.25, -0.2) is 5.43 Å². The summed E-state index contributed by atoms with van der Waals surface area (Å²) in [6.45, 7) is 7.96. The lowest BCUT2D eigenvalue weighted by molar-refractivity contribution is 0.0954. The Morgan fingerprint density at radius 3 is 2.36 bits per heavy atom. The van der Waals surface area contributed by atoms with Crippen molar-refractivity contribution in [3.63, 3.8) is 0 Å². The van der Waals surface area contributed by atoms with Crippen molar-refractivity contribution < 1.29 is 9.59 Å². The number of nitrogens with one attached hydrogen (secondary N) is 1. The van der Waals surface area contributed by atoms with Crippen LogP contribution in [0.2, 0.25) is 0 Å². The van der Waals surface area contributed by atoms with E-state index in [9.17, 15) is 9.59 Å². The summed E-state index contributed by atoms with van der Waals surface area (Å²) in [7, 11) is 3.89. The number of hydrogen-bond donors (Lipinski definition) is 1. The normalized spacial score (nSPS) is 16.6. The molecule has 0 saturated heterocycles. The molecule has 2 aromatic rings. The third kappa shape index (κ3) is 3.70. The van der Waals surface area contributed by atoms with Crippen LogP contribution in [0.25, 0.3) is 0 Å². The maximum Gasteiger partial charge on any atom is 0.271 e. The topological polar surface area (TPSA) is 61.8 Å². The lowest BCUT2D eigenvalue weighted by atomic mass is 9.71. The Bertz CT molecular complexity index is 970. The first kappa shape index (κ1) is 19.8. The first-order valence-electron chi connectivity index (χ1n) is 9.41. The molecule has 0 unspecified atom stereocenters. The average molecular weight is 377 g/mol. The molecule has 1 aliphatic carbocycles. The van der Waals surface area contributed by atoms with Crippen molar-refractivity contribution in [2.24, 2.45) is 10.5 Å². The number of ketones is 1. The molecule has 2 aromatic carbocycles. The van der Waals surface area contributed by atoms with Gasteiger partial charge in [-0.05, 0) is 55.7 Å². The molecule has 5 nitrogen and oxygen atoms in total. The Kier molecular flexibility index (Phi) is 5.11. The SMILES string of the molecule is Cc1cc(C)c2c(c1)CC(C)(C)C(=NNC(=O)c1ccc(N(C)C)cc1)C2=O. The Balaban J connectivity index is 1.88. The highest BCUT2D eigenvalue weighted by Crippen LogP contribution is 2.35. The Hall–Kier alpha value is -2.95. The number of amides is 1. The number of rotatable bonds is 3. The second-order valence-electron chi connectivity index (χ2n) is 8.35. The number of hydrazone groups is 1. The number of Topliss-reactive ketones (excluding diaryl/α,β-unsaturated/α-hetero) is 1.